The molecule has 2 rings (SSSR count). The lowest BCUT2D eigenvalue weighted by Gasteiger charge is -2.25. The lowest BCUT2D eigenvalue weighted by atomic mass is 10.2. The third kappa shape index (κ3) is 4.37. The van der Waals surface area contributed by atoms with Crippen LogP contribution in [0.1, 0.15) is 26.8 Å². The van der Waals surface area contributed by atoms with Crippen LogP contribution in [0.2, 0.25) is 0 Å². The highest BCUT2D eigenvalue weighted by molar-refractivity contribution is 5.83. The first-order valence-electron chi connectivity index (χ1n) is 7.74. The second kappa shape index (κ2) is 7.67. The monoisotopic (exact) mass is 331 g/mol. The summed E-state index contributed by atoms with van der Waals surface area (Å²) in [5.41, 5.74) is 0.799. The van der Waals surface area contributed by atoms with Crippen LogP contribution in [0, 0.1) is 5.92 Å². The van der Waals surface area contributed by atoms with Crippen molar-refractivity contribution < 1.29 is 14.7 Å². The molecule has 0 aliphatic rings. The van der Waals surface area contributed by atoms with Gasteiger partial charge in [0.2, 0.25) is 11.7 Å². The molecule has 0 radical (unpaired) electrons. The SMILES string of the molecule is CC(C)CN(CC(=O)O)C(=O)C(C)n1nnc(-c2ccccc2)n1. The number of carboxylic acid groups (broad SMARTS) is 1. The van der Waals surface area contributed by atoms with Crippen molar-refractivity contribution in [2.24, 2.45) is 5.92 Å². The lowest BCUT2D eigenvalue weighted by molar-refractivity contribution is -0.146. The van der Waals surface area contributed by atoms with E-state index in [9.17, 15) is 9.59 Å². The molecule has 8 nitrogen and oxygen atoms in total. The largest absolute Gasteiger partial charge is 0.480 e. The fraction of sp³-hybridized carbons (Fsp3) is 0.438. The van der Waals surface area contributed by atoms with E-state index in [0.29, 0.717) is 12.4 Å². The summed E-state index contributed by atoms with van der Waals surface area (Å²) in [4.78, 5) is 26.1. The van der Waals surface area contributed by atoms with Gasteiger partial charge in [0.15, 0.2) is 0 Å². The van der Waals surface area contributed by atoms with E-state index in [4.69, 9.17) is 5.11 Å². The summed E-state index contributed by atoms with van der Waals surface area (Å²) in [6.45, 7) is 5.49. The van der Waals surface area contributed by atoms with Crippen LogP contribution in [-0.4, -0.2) is 55.2 Å². The van der Waals surface area contributed by atoms with Gasteiger partial charge < -0.3 is 10.0 Å². The molecule has 1 atom stereocenters. The van der Waals surface area contributed by atoms with E-state index in [1.807, 2.05) is 44.2 Å². The highest BCUT2D eigenvalue weighted by Gasteiger charge is 2.26. The number of benzene rings is 1. The Kier molecular flexibility index (Phi) is 5.62. The van der Waals surface area contributed by atoms with Crippen molar-refractivity contribution in [3.8, 4) is 11.4 Å². The van der Waals surface area contributed by atoms with Gasteiger partial charge in [-0.2, -0.15) is 4.80 Å². The maximum atomic E-state index is 12.6. The predicted octanol–water partition coefficient (Wildman–Crippen LogP) is 1.47. The zero-order valence-electron chi connectivity index (χ0n) is 14.0. The molecule has 1 aromatic heterocycles. The molecule has 0 spiro atoms. The van der Waals surface area contributed by atoms with Crippen LogP contribution in [0.15, 0.2) is 30.3 Å². The molecule has 1 aromatic carbocycles. The third-order valence-corrected chi connectivity index (χ3v) is 3.39. The Morgan fingerprint density at radius 1 is 1.21 bits per heavy atom. The molecule has 24 heavy (non-hydrogen) atoms. The first-order chi connectivity index (χ1) is 11.4. The smallest absolute Gasteiger partial charge is 0.323 e. The number of hydrogen-bond donors (Lipinski definition) is 1. The van der Waals surface area contributed by atoms with Gasteiger partial charge in [0.25, 0.3) is 0 Å². The number of carboxylic acids is 1. The summed E-state index contributed by atoms with van der Waals surface area (Å²) in [7, 11) is 0. The molecule has 2 aromatic rings. The molecule has 0 saturated heterocycles. The number of aromatic nitrogens is 4. The van der Waals surface area contributed by atoms with Crippen molar-refractivity contribution in [1.82, 2.24) is 25.1 Å². The van der Waals surface area contributed by atoms with Gasteiger partial charge in [0.1, 0.15) is 12.6 Å². The van der Waals surface area contributed by atoms with Crippen LogP contribution in [0.3, 0.4) is 0 Å². The molecule has 0 aliphatic heterocycles. The van der Waals surface area contributed by atoms with E-state index in [0.717, 1.165) is 5.56 Å². The molecule has 0 aliphatic carbocycles. The Morgan fingerprint density at radius 3 is 2.46 bits per heavy atom. The fourth-order valence-corrected chi connectivity index (χ4v) is 2.29. The highest BCUT2D eigenvalue weighted by Crippen LogP contribution is 2.15. The van der Waals surface area contributed by atoms with Gasteiger partial charge in [-0.3, -0.25) is 9.59 Å². The van der Waals surface area contributed by atoms with E-state index < -0.39 is 12.0 Å². The van der Waals surface area contributed by atoms with Gasteiger partial charge in [-0.25, -0.2) is 0 Å². The predicted molar refractivity (Wildman–Crippen MR) is 87.0 cm³/mol. The van der Waals surface area contributed by atoms with Crippen molar-refractivity contribution in [3.63, 3.8) is 0 Å². The first-order valence-corrected chi connectivity index (χ1v) is 7.74. The van der Waals surface area contributed by atoms with E-state index in [1.54, 1.807) is 6.92 Å². The second-order valence-electron chi connectivity index (χ2n) is 5.98. The molecule has 8 heteroatoms. The zero-order valence-corrected chi connectivity index (χ0v) is 14.0. The van der Waals surface area contributed by atoms with Crippen molar-refractivity contribution in [2.75, 3.05) is 13.1 Å². The third-order valence-electron chi connectivity index (χ3n) is 3.39. The minimum absolute atomic E-state index is 0.157. The van der Waals surface area contributed by atoms with Crippen LogP contribution >= 0.6 is 0 Å². The highest BCUT2D eigenvalue weighted by atomic mass is 16.4. The zero-order chi connectivity index (χ0) is 17.7. The Labute approximate surface area is 140 Å². The molecule has 1 unspecified atom stereocenters. The van der Waals surface area contributed by atoms with Gasteiger partial charge in [0, 0.05) is 12.1 Å². The summed E-state index contributed by atoms with van der Waals surface area (Å²) < 4.78 is 0. The second-order valence-corrected chi connectivity index (χ2v) is 5.98. The number of amides is 1. The van der Waals surface area contributed by atoms with Gasteiger partial charge in [-0.15, -0.1) is 10.2 Å². The van der Waals surface area contributed by atoms with E-state index in [-0.39, 0.29) is 18.4 Å². The molecule has 0 saturated carbocycles. The molecular formula is C16H21N5O3. The van der Waals surface area contributed by atoms with Crippen LogP contribution in [-0.2, 0) is 9.59 Å². The summed E-state index contributed by atoms with van der Waals surface area (Å²) in [5, 5.41) is 21.1. The van der Waals surface area contributed by atoms with E-state index >= 15 is 0 Å². The van der Waals surface area contributed by atoms with Crippen LogP contribution in [0.4, 0.5) is 0 Å². The standard InChI is InChI=1S/C16H21N5O3/c1-11(2)9-20(10-14(22)23)16(24)12(3)21-18-15(17-19-21)13-7-5-4-6-8-13/h4-8,11-12H,9-10H2,1-3H3,(H,22,23). The normalized spacial score (nSPS) is 12.2. The quantitative estimate of drug-likeness (QED) is 0.824. The number of carbonyl (C=O) groups excluding carboxylic acids is 1. The molecule has 1 amide bonds. The Morgan fingerprint density at radius 2 is 1.88 bits per heavy atom. The molecular weight excluding hydrogens is 310 g/mol. The van der Waals surface area contributed by atoms with E-state index in [2.05, 4.69) is 15.4 Å². The van der Waals surface area contributed by atoms with E-state index in [1.165, 1.54) is 9.70 Å². The average Bonchev–Trinajstić information content (AvgIpc) is 3.02. The number of hydrogen-bond acceptors (Lipinski definition) is 5. The van der Waals surface area contributed by atoms with Gasteiger partial charge in [-0.1, -0.05) is 44.2 Å². The van der Waals surface area contributed by atoms with Gasteiger partial charge in [0.05, 0.1) is 0 Å². The summed E-state index contributed by atoms with van der Waals surface area (Å²) in [6, 6.07) is 8.58. The van der Waals surface area contributed by atoms with Gasteiger partial charge >= 0.3 is 5.97 Å². The maximum absolute atomic E-state index is 12.6. The summed E-state index contributed by atoms with van der Waals surface area (Å²) in [6.07, 6.45) is 0. The first kappa shape index (κ1) is 17.6. The van der Waals surface area contributed by atoms with Crippen LogP contribution in [0.5, 0.6) is 0 Å². The van der Waals surface area contributed by atoms with Crippen molar-refractivity contribution in [2.45, 2.75) is 26.8 Å². The lowest BCUT2D eigenvalue weighted by Crippen LogP contribution is -2.42. The van der Waals surface area contributed by atoms with Crippen molar-refractivity contribution in [1.29, 1.82) is 0 Å². The van der Waals surface area contributed by atoms with Crippen LogP contribution < -0.4 is 0 Å². The molecule has 1 N–H and O–H groups in total. The number of rotatable bonds is 7. The molecule has 1 heterocycles. The average molecular weight is 331 g/mol. The minimum Gasteiger partial charge on any atom is -0.480 e. The Balaban J connectivity index is 2.17. The van der Waals surface area contributed by atoms with Crippen LogP contribution in [0.25, 0.3) is 11.4 Å². The number of carbonyl (C=O) groups is 2. The van der Waals surface area contributed by atoms with Crippen molar-refractivity contribution >= 4 is 11.9 Å². The summed E-state index contributed by atoms with van der Waals surface area (Å²) in [5.74, 6) is -0.816. The number of tetrazole rings is 1. The Hall–Kier alpha value is -2.77. The number of nitrogens with zero attached hydrogens (tertiary/aromatic N) is 5. The minimum atomic E-state index is -1.05. The topological polar surface area (TPSA) is 101 Å². The van der Waals surface area contributed by atoms with Crippen molar-refractivity contribution in [3.05, 3.63) is 30.3 Å². The Bertz CT molecular complexity index is 699. The molecule has 0 bridgehead atoms. The molecule has 128 valence electrons. The maximum Gasteiger partial charge on any atom is 0.323 e. The fourth-order valence-electron chi connectivity index (χ4n) is 2.29. The summed E-state index contributed by atoms with van der Waals surface area (Å²) >= 11 is 0. The molecule has 0 fully saturated rings. The number of aliphatic carboxylic acids is 1. The van der Waals surface area contributed by atoms with Gasteiger partial charge in [-0.05, 0) is 18.1 Å².